The number of carboxylic acid groups (broad SMARTS) is 1. The molecule has 0 aromatic rings. The van der Waals surface area contributed by atoms with Crippen molar-refractivity contribution in [1.82, 2.24) is 0 Å². The number of rotatable bonds is 8. The Labute approximate surface area is 132 Å². The average molecular weight is 313 g/mol. The molecule has 1 saturated carbocycles. The van der Waals surface area contributed by atoms with E-state index in [1.165, 1.54) is 19.3 Å². The Hall–Kier alpha value is -0.780. The minimum absolute atomic E-state index is 0.156. The maximum atomic E-state index is 11.3. The lowest BCUT2D eigenvalue weighted by atomic mass is 9.82. The second kappa shape index (κ2) is 9.28. The third-order valence-corrected chi connectivity index (χ3v) is 4.80. The van der Waals surface area contributed by atoms with Crippen molar-refractivity contribution >= 4 is 23.1 Å². The summed E-state index contributed by atoms with van der Waals surface area (Å²) < 4.78 is 0. The lowest BCUT2D eigenvalue weighted by molar-refractivity contribution is -0.139. The molecule has 0 heterocycles. The van der Waals surface area contributed by atoms with Crippen LogP contribution >= 0.6 is 12.2 Å². The van der Waals surface area contributed by atoms with Crippen LogP contribution in [0.5, 0.6) is 0 Å². The van der Waals surface area contributed by atoms with Gasteiger partial charge in [-0.15, -0.1) is 0 Å². The van der Waals surface area contributed by atoms with Gasteiger partial charge in [-0.3, -0.25) is 4.79 Å². The fourth-order valence-electron chi connectivity index (χ4n) is 2.96. The van der Waals surface area contributed by atoms with Gasteiger partial charge in [-0.25, -0.2) is 0 Å². The minimum Gasteiger partial charge on any atom is -0.481 e. The van der Waals surface area contributed by atoms with Gasteiger partial charge in [0.25, 0.3) is 0 Å². The number of allylic oxidation sites excluding steroid dienone is 2. The Balaban J connectivity index is 2.58. The first kappa shape index (κ1) is 18.3. The van der Waals surface area contributed by atoms with Crippen LogP contribution in [0.4, 0.5) is 0 Å². The van der Waals surface area contributed by atoms with Crippen LogP contribution in [0, 0.1) is 11.8 Å². The Kier molecular flexibility index (Phi) is 8.07. The molecule has 3 atom stereocenters. The van der Waals surface area contributed by atoms with E-state index in [1.54, 1.807) is 12.2 Å². The number of aliphatic carboxylic acids is 1. The summed E-state index contributed by atoms with van der Waals surface area (Å²) in [7, 11) is 0. The zero-order valence-electron chi connectivity index (χ0n) is 12.7. The first-order valence-electron chi connectivity index (χ1n) is 7.78. The fourth-order valence-corrected chi connectivity index (χ4v) is 3.34. The van der Waals surface area contributed by atoms with Crippen LogP contribution in [-0.2, 0) is 4.79 Å². The molecule has 0 amide bonds. The summed E-state index contributed by atoms with van der Waals surface area (Å²) in [4.78, 5) is 11.4. The number of aliphatic hydroxyl groups excluding tert-OH is 1. The van der Waals surface area contributed by atoms with Crippen molar-refractivity contribution in [2.24, 2.45) is 17.6 Å². The highest BCUT2D eigenvalue weighted by molar-refractivity contribution is 7.80. The summed E-state index contributed by atoms with van der Waals surface area (Å²) in [6.07, 6.45) is 9.55. The van der Waals surface area contributed by atoms with Crippen LogP contribution in [0.1, 0.15) is 51.9 Å². The predicted molar refractivity (Wildman–Crippen MR) is 88.3 cm³/mol. The van der Waals surface area contributed by atoms with E-state index in [0.717, 1.165) is 19.3 Å². The van der Waals surface area contributed by atoms with Gasteiger partial charge in [0.2, 0.25) is 0 Å². The molecule has 0 saturated heterocycles. The normalized spacial score (nSPS) is 21.1. The topological polar surface area (TPSA) is 83.5 Å². The molecule has 0 aromatic heterocycles. The van der Waals surface area contributed by atoms with Gasteiger partial charge in [-0.2, -0.15) is 0 Å². The summed E-state index contributed by atoms with van der Waals surface area (Å²) in [6.45, 7) is 1.83. The van der Waals surface area contributed by atoms with Crippen molar-refractivity contribution in [3.63, 3.8) is 0 Å². The average Bonchev–Trinajstić information content (AvgIpc) is 2.47. The Morgan fingerprint density at radius 1 is 1.38 bits per heavy atom. The summed E-state index contributed by atoms with van der Waals surface area (Å²) >= 11 is 5.19. The highest BCUT2D eigenvalue weighted by Gasteiger charge is 2.31. The van der Waals surface area contributed by atoms with Crippen molar-refractivity contribution < 1.29 is 15.0 Å². The molecule has 0 bridgehead atoms. The van der Waals surface area contributed by atoms with Crippen LogP contribution in [0.2, 0.25) is 0 Å². The number of aliphatic hydroxyl groups is 1. The van der Waals surface area contributed by atoms with Crippen LogP contribution < -0.4 is 5.73 Å². The van der Waals surface area contributed by atoms with Gasteiger partial charge in [0.05, 0.1) is 5.92 Å². The molecule has 0 aliphatic heterocycles. The van der Waals surface area contributed by atoms with Gasteiger partial charge < -0.3 is 15.9 Å². The van der Waals surface area contributed by atoms with Gasteiger partial charge in [0, 0.05) is 10.9 Å². The highest BCUT2D eigenvalue weighted by atomic mass is 32.1. The molecule has 0 aromatic carbocycles. The molecule has 0 unspecified atom stereocenters. The second-order valence-electron chi connectivity index (χ2n) is 5.95. The summed E-state index contributed by atoms with van der Waals surface area (Å²) in [5, 5.41) is 19.5. The number of nitrogens with two attached hydrogens (primary N) is 1. The second-order valence-corrected chi connectivity index (χ2v) is 6.42. The van der Waals surface area contributed by atoms with E-state index in [4.69, 9.17) is 18.0 Å². The lowest BCUT2D eigenvalue weighted by Crippen LogP contribution is -2.45. The smallest absolute Gasteiger partial charge is 0.311 e. The molecule has 1 fully saturated rings. The van der Waals surface area contributed by atoms with Crippen molar-refractivity contribution in [3.8, 4) is 0 Å². The maximum absolute atomic E-state index is 11.3. The van der Waals surface area contributed by atoms with E-state index in [0.29, 0.717) is 12.3 Å². The summed E-state index contributed by atoms with van der Waals surface area (Å²) in [5.41, 5.74) is 6.07. The molecule has 4 N–H and O–H groups in total. The van der Waals surface area contributed by atoms with Crippen LogP contribution in [-0.4, -0.2) is 33.2 Å². The minimum atomic E-state index is -1.02. The Morgan fingerprint density at radius 3 is 2.52 bits per heavy atom. The molecule has 1 aliphatic rings. The molecule has 0 radical (unpaired) electrons. The summed E-state index contributed by atoms with van der Waals surface area (Å²) in [5.74, 6) is -1.31. The van der Waals surface area contributed by atoms with Crippen LogP contribution in [0.25, 0.3) is 0 Å². The van der Waals surface area contributed by atoms with Crippen molar-refractivity contribution in [2.45, 2.75) is 64.0 Å². The van der Waals surface area contributed by atoms with Crippen molar-refractivity contribution in [1.29, 1.82) is 0 Å². The molecule has 1 rings (SSSR count). The van der Waals surface area contributed by atoms with E-state index in [1.807, 2.05) is 6.92 Å². The number of hydrogen-bond acceptors (Lipinski definition) is 4. The lowest BCUT2D eigenvalue weighted by Gasteiger charge is -2.28. The monoisotopic (exact) mass is 313 g/mol. The highest BCUT2D eigenvalue weighted by Crippen LogP contribution is 2.28. The molecule has 120 valence electrons. The van der Waals surface area contributed by atoms with Crippen LogP contribution in [0.15, 0.2) is 12.2 Å². The standard InChI is InChI=1S/C16H27NO3S/c1-2-3-9-12(16(19)20)15(21)14(18)13(17)10-11-7-5-4-6-8-11/h2-3,11-14,18H,4-10,17H2,1H3,(H,19,20)/b3-2+/t12-,13-,14-/m0/s1. The first-order chi connectivity index (χ1) is 9.97. The first-order valence-corrected chi connectivity index (χ1v) is 8.19. The zero-order valence-corrected chi connectivity index (χ0v) is 13.5. The Morgan fingerprint density at radius 2 is 2.00 bits per heavy atom. The molecule has 5 heteroatoms. The molecular formula is C16H27NO3S. The van der Waals surface area contributed by atoms with Crippen molar-refractivity contribution in [2.75, 3.05) is 0 Å². The number of carbonyl (C=O) groups is 1. The Bertz CT molecular complexity index is 378. The third kappa shape index (κ3) is 5.85. The van der Waals surface area contributed by atoms with Gasteiger partial charge in [-0.1, -0.05) is 56.5 Å². The molecule has 1 aliphatic carbocycles. The van der Waals surface area contributed by atoms with E-state index in [2.05, 4.69) is 0 Å². The van der Waals surface area contributed by atoms with Crippen LogP contribution in [0.3, 0.4) is 0 Å². The molecule has 0 spiro atoms. The van der Waals surface area contributed by atoms with Crippen molar-refractivity contribution in [3.05, 3.63) is 12.2 Å². The molecular weight excluding hydrogens is 286 g/mol. The van der Waals surface area contributed by atoms with E-state index < -0.39 is 24.0 Å². The fraction of sp³-hybridized carbons (Fsp3) is 0.750. The number of thiocarbonyl (C=S) groups is 1. The predicted octanol–water partition coefficient (Wildman–Crippen LogP) is 2.68. The number of hydrogen-bond donors (Lipinski definition) is 3. The SMILES string of the molecule is C/C=C/C[C@H](C(=O)O)C(=S)[C@@H](O)[C@@H](N)CC1CCCCC1. The third-order valence-electron chi connectivity index (χ3n) is 4.28. The van der Waals surface area contributed by atoms with E-state index >= 15 is 0 Å². The zero-order chi connectivity index (χ0) is 15.8. The van der Waals surface area contributed by atoms with Gasteiger partial charge in [-0.05, 0) is 25.7 Å². The molecule has 21 heavy (non-hydrogen) atoms. The summed E-state index contributed by atoms with van der Waals surface area (Å²) in [6, 6.07) is -0.465. The van der Waals surface area contributed by atoms with Gasteiger partial charge >= 0.3 is 5.97 Å². The molecule has 4 nitrogen and oxygen atoms in total. The maximum Gasteiger partial charge on any atom is 0.311 e. The van der Waals surface area contributed by atoms with Gasteiger partial charge in [0.1, 0.15) is 6.10 Å². The number of carboxylic acids is 1. The van der Waals surface area contributed by atoms with E-state index in [-0.39, 0.29) is 4.86 Å². The van der Waals surface area contributed by atoms with Gasteiger partial charge in [0.15, 0.2) is 0 Å². The quantitative estimate of drug-likeness (QED) is 0.474. The largest absolute Gasteiger partial charge is 0.481 e. The van der Waals surface area contributed by atoms with E-state index in [9.17, 15) is 15.0 Å².